The van der Waals surface area contributed by atoms with E-state index < -0.39 is 0 Å². The van der Waals surface area contributed by atoms with Gasteiger partial charge in [-0.25, -0.2) is 0 Å². The van der Waals surface area contributed by atoms with Crippen LogP contribution in [0.25, 0.3) is 0 Å². The van der Waals surface area contributed by atoms with Crippen LogP contribution in [0.5, 0.6) is 0 Å². The van der Waals surface area contributed by atoms with Crippen LogP contribution in [0.2, 0.25) is 0 Å². The molecule has 3 nitrogen and oxygen atoms in total. The van der Waals surface area contributed by atoms with Crippen molar-refractivity contribution < 1.29 is 4.79 Å². The summed E-state index contributed by atoms with van der Waals surface area (Å²) < 4.78 is 1.86. The van der Waals surface area contributed by atoms with Gasteiger partial charge in [0.05, 0.1) is 6.20 Å². The molecule has 0 radical (unpaired) electrons. The van der Waals surface area contributed by atoms with Crippen LogP contribution in [0.15, 0.2) is 36.7 Å². The van der Waals surface area contributed by atoms with Crippen molar-refractivity contribution in [3.05, 3.63) is 53.3 Å². The van der Waals surface area contributed by atoms with Gasteiger partial charge < -0.3 is 0 Å². The molecule has 0 fully saturated rings. The van der Waals surface area contributed by atoms with Crippen molar-refractivity contribution in [1.29, 1.82) is 0 Å². The summed E-state index contributed by atoms with van der Waals surface area (Å²) in [5, 5.41) is 4.20. The molecule has 1 atom stereocenters. The Morgan fingerprint density at radius 2 is 2.28 bits per heavy atom. The Labute approximate surface area is 106 Å². The molecule has 0 saturated carbocycles. The van der Waals surface area contributed by atoms with Gasteiger partial charge in [0.25, 0.3) is 0 Å². The number of aromatic nitrogens is 2. The molecule has 1 aromatic carbocycles. The molecule has 2 aromatic rings. The highest BCUT2D eigenvalue weighted by Gasteiger charge is 2.31. The van der Waals surface area contributed by atoms with Gasteiger partial charge in [-0.05, 0) is 30.0 Å². The van der Waals surface area contributed by atoms with Crippen LogP contribution < -0.4 is 0 Å². The number of fused-ring (bicyclic) bond motifs is 1. The van der Waals surface area contributed by atoms with E-state index in [1.807, 2.05) is 29.9 Å². The Morgan fingerprint density at radius 1 is 1.44 bits per heavy atom. The lowest BCUT2D eigenvalue weighted by Gasteiger charge is -2.28. The Bertz CT molecular complexity index is 586. The van der Waals surface area contributed by atoms with Gasteiger partial charge in [0.1, 0.15) is 5.78 Å². The first-order chi connectivity index (χ1) is 8.78. The number of nitrogens with zero attached hydrogens (tertiary/aromatic N) is 2. The lowest BCUT2D eigenvalue weighted by molar-refractivity contribution is -0.120. The maximum atomic E-state index is 12.2. The third kappa shape index (κ3) is 1.86. The minimum Gasteiger partial charge on any atom is -0.299 e. The van der Waals surface area contributed by atoms with E-state index in [1.165, 1.54) is 11.1 Å². The zero-order valence-corrected chi connectivity index (χ0v) is 10.5. The van der Waals surface area contributed by atoms with Crippen molar-refractivity contribution in [2.75, 3.05) is 0 Å². The molecule has 0 bridgehead atoms. The molecular formula is C15H16N2O. The van der Waals surface area contributed by atoms with Gasteiger partial charge in [-0.2, -0.15) is 5.10 Å². The maximum absolute atomic E-state index is 12.2. The fourth-order valence-corrected chi connectivity index (χ4v) is 2.54. The first-order valence-electron chi connectivity index (χ1n) is 6.39. The van der Waals surface area contributed by atoms with Gasteiger partial charge in [0, 0.05) is 25.1 Å². The van der Waals surface area contributed by atoms with Crippen LogP contribution in [-0.4, -0.2) is 15.6 Å². The molecule has 92 valence electrons. The van der Waals surface area contributed by atoms with Crippen molar-refractivity contribution >= 4 is 5.78 Å². The topological polar surface area (TPSA) is 34.9 Å². The molecule has 0 spiro atoms. The number of rotatable bonds is 4. The Balaban J connectivity index is 1.70. The average Bonchev–Trinajstić information content (AvgIpc) is 2.78. The molecule has 0 amide bonds. The highest BCUT2D eigenvalue weighted by molar-refractivity contribution is 5.90. The van der Waals surface area contributed by atoms with Crippen molar-refractivity contribution in [2.24, 2.45) is 0 Å². The van der Waals surface area contributed by atoms with Gasteiger partial charge in [-0.1, -0.05) is 24.3 Å². The Morgan fingerprint density at radius 3 is 3.00 bits per heavy atom. The molecule has 1 aliphatic rings. The molecule has 18 heavy (non-hydrogen) atoms. The summed E-state index contributed by atoms with van der Waals surface area (Å²) in [6.07, 6.45) is 5.16. The van der Waals surface area contributed by atoms with Crippen molar-refractivity contribution in [1.82, 2.24) is 9.78 Å². The average molecular weight is 240 g/mol. The standard InChI is InChI=1S/C15H16N2O/c1-2-17-10-11(9-16-17)7-15(18)14-8-12-5-3-4-6-13(12)14/h3-6,9-10,14H,2,7-8H2,1H3. The number of hydrogen-bond donors (Lipinski definition) is 0. The van der Waals surface area contributed by atoms with Crippen LogP contribution in [0, 0.1) is 0 Å². The summed E-state index contributed by atoms with van der Waals surface area (Å²) in [6, 6.07) is 8.21. The summed E-state index contributed by atoms with van der Waals surface area (Å²) in [4.78, 5) is 12.2. The highest BCUT2D eigenvalue weighted by atomic mass is 16.1. The first kappa shape index (κ1) is 11.2. The number of hydrogen-bond acceptors (Lipinski definition) is 2. The first-order valence-corrected chi connectivity index (χ1v) is 6.39. The van der Waals surface area contributed by atoms with Crippen LogP contribution in [0.4, 0.5) is 0 Å². The van der Waals surface area contributed by atoms with E-state index >= 15 is 0 Å². The highest BCUT2D eigenvalue weighted by Crippen LogP contribution is 2.35. The summed E-state index contributed by atoms with van der Waals surface area (Å²) in [6.45, 7) is 2.89. The number of carbonyl (C=O) groups is 1. The lowest BCUT2D eigenvalue weighted by Crippen LogP contribution is -2.26. The van der Waals surface area contributed by atoms with Gasteiger partial charge in [-0.3, -0.25) is 9.48 Å². The predicted molar refractivity (Wildman–Crippen MR) is 69.5 cm³/mol. The van der Waals surface area contributed by atoms with Crippen LogP contribution in [0.1, 0.15) is 29.5 Å². The van der Waals surface area contributed by atoms with E-state index in [-0.39, 0.29) is 5.92 Å². The quantitative estimate of drug-likeness (QED) is 0.822. The van der Waals surface area contributed by atoms with Crippen LogP contribution in [-0.2, 0) is 24.2 Å². The second-order valence-corrected chi connectivity index (χ2v) is 4.80. The predicted octanol–water partition coefficient (Wildman–Crippen LogP) is 2.35. The Kier molecular flexibility index (Phi) is 2.74. The maximum Gasteiger partial charge on any atom is 0.145 e. The summed E-state index contributed by atoms with van der Waals surface area (Å²) in [5.74, 6) is 0.413. The van der Waals surface area contributed by atoms with E-state index in [9.17, 15) is 4.79 Å². The van der Waals surface area contributed by atoms with Gasteiger partial charge >= 0.3 is 0 Å². The number of carbonyl (C=O) groups excluding carboxylic acids is 1. The zero-order valence-electron chi connectivity index (χ0n) is 10.5. The van der Waals surface area contributed by atoms with Gasteiger partial charge in [-0.15, -0.1) is 0 Å². The van der Waals surface area contributed by atoms with Gasteiger partial charge in [0.2, 0.25) is 0 Å². The van der Waals surface area contributed by atoms with E-state index in [2.05, 4.69) is 17.2 Å². The number of benzene rings is 1. The van der Waals surface area contributed by atoms with Crippen molar-refractivity contribution in [3.8, 4) is 0 Å². The summed E-state index contributed by atoms with van der Waals surface area (Å²) in [5.41, 5.74) is 3.55. The molecule has 0 N–H and O–H groups in total. The fraction of sp³-hybridized carbons (Fsp3) is 0.333. The zero-order chi connectivity index (χ0) is 12.5. The number of Topliss-reactive ketones (excluding diaryl/α,β-unsaturated/α-hetero) is 1. The molecule has 3 rings (SSSR count). The third-order valence-corrected chi connectivity index (χ3v) is 3.63. The minimum absolute atomic E-state index is 0.103. The van der Waals surface area contributed by atoms with E-state index in [4.69, 9.17) is 0 Å². The third-order valence-electron chi connectivity index (χ3n) is 3.63. The largest absolute Gasteiger partial charge is 0.299 e. The summed E-state index contributed by atoms with van der Waals surface area (Å²) in [7, 11) is 0. The number of aryl methyl sites for hydroxylation is 1. The van der Waals surface area contributed by atoms with E-state index in [1.54, 1.807) is 6.20 Å². The SMILES string of the molecule is CCn1cc(CC(=O)C2Cc3ccccc32)cn1. The Hall–Kier alpha value is -1.90. The lowest BCUT2D eigenvalue weighted by atomic mass is 9.74. The monoisotopic (exact) mass is 240 g/mol. The molecule has 1 heterocycles. The van der Waals surface area contributed by atoms with Crippen LogP contribution in [0.3, 0.4) is 0 Å². The smallest absolute Gasteiger partial charge is 0.145 e. The number of ketones is 1. The fourth-order valence-electron chi connectivity index (χ4n) is 2.54. The minimum atomic E-state index is 0.103. The van der Waals surface area contributed by atoms with Crippen molar-refractivity contribution in [3.63, 3.8) is 0 Å². The van der Waals surface area contributed by atoms with E-state index in [0.717, 1.165) is 18.5 Å². The van der Waals surface area contributed by atoms with Gasteiger partial charge in [0.15, 0.2) is 0 Å². The summed E-state index contributed by atoms with van der Waals surface area (Å²) >= 11 is 0. The van der Waals surface area contributed by atoms with E-state index in [0.29, 0.717) is 12.2 Å². The van der Waals surface area contributed by atoms with Crippen LogP contribution >= 0.6 is 0 Å². The molecule has 0 saturated heterocycles. The molecule has 0 aliphatic heterocycles. The second-order valence-electron chi connectivity index (χ2n) is 4.80. The normalized spacial score (nSPS) is 17.1. The molecule has 1 aromatic heterocycles. The molecule has 1 unspecified atom stereocenters. The molecule has 1 aliphatic carbocycles. The molecule has 3 heteroatoms. The molecular weight excluding hydrogens is 224 g/mol. The second kappa shape index (κ2) is 4.41. The van der Waals surface area contributed by atoms with Crippen molar-refractivity contribution in [2.45, 2.75) is 32.2 Å².